The molecule has 4 rings (SSSR count). The van der Waals surface area contributed by atoms with Crippen molar-refractivity contribution in [2.24, 2.45) is 17.4 Å². The van der Waals surface area contributed by atoms with E-state index in [4.69, 9.17) is 46.3 Å². The molecule has 4 atom stereocenters. The molecule has 9 nitrogen and oxygen atoms in total. The van der Waals surface area contributed by atoms with E-state index in [2.05, 4.69) is 29.4 Å². The molecule has 0 bridgehead atoms. The first-order valence-electron chi connectivity index (χ1n) is 14.8. The number of amides is 2. The summed E-state index contributed by atoms with van der Waals surface area (Å²) in [5.41, 5.74) is 16.4. The normalized spacial score (nSPS) is 18.4. The SMILES string of the molecule is CC(C)C[C@@H]1CN(C(=O)[C@H](N)Cc2ccc(Cl)cc2Cl)[C@@H](CCCNc2nncs2)CN1C(=O)[C@@H](N)Cc1ccc(Cl)cc1. The zero-order valence-corrected chi connectivity index (χ0v) is 28.0. The lowest BCUT2D eigenvalue weighted by Crippen LogP contribution is -2.65. The van der Waals surface area contributed by atoms with Crippen LogP contribution in [0.25, 0.3) is 0 Å². The highest BCUT2D eigenvalue weighted by Crippen LogP contribution is 2.27. The van der Waals surface area contributed by atoms with Crippen molar-refractivity contribution in [3.05, 3.63) is 74.2 Å². The molecule has 0 aliphatic carbocycles. The van der Waals surface area contributed by atoms with Gasteiger partial charge in [0, 0.05) is 46.8 Å². The molecule has 1 fully saturated rings. The minimum absolute atomic E-state index is 0.119. The fraction of sp³-hybridized carbons (Fsp3) is 0.484. The molecule has 1 aliphatic heterocycles. The molecule has 1 aromatic heterocycles. The number of benzene rings is 2. The maximum absolute atomic E-state index is 14.0. The molecule has 1 saturated heterocycles. The molecule has 3 aromatic rings. The van der Waals surface area contributed by atoms with Crippen LogP contribution >= 0.6 is 46.1 Å². The summed E-state index contributed by atoms with van der Waals surface area (Å²) in [5, 5.41) is 13.5. The fourth-order valence-electron chi connectivity index (χ4n) is 5.66. The van der Waals surface area contributed by atoms with Crippen molar-refractivity contribution in [1.82, 2.24) is 20.0 Å². The maximum Gasteiger partial charge on any atom is 0.240 e. The third-order valence-electron chi connectivity index (χ3n) is 7.81. The Morgan fingerprint density at radius 1 is 0.955 bits per heavy atom. The summed E-state index contributed by atoms with van der Waals surface area (Å²) in [6.45, 7) is 5.64. The van der Waals surface area contributed by atoms with Crippen LogP contribution in [0.1, 0.15) is 44.2 Å². The number of nitrogens with two attached hydrogens (primary N) is 2. The van der Waals surface area contributed by atoms with Crippen molar-refractivity contribution < 1.29 is 9.59 Å². The average molecular weight is 681 g/mol. The molecule has 238 valence electrons. The standard InChI is InChI=1S/C31H40Cl3N7O2S/c1-19(2)12-25-17-40(30(43)28(36)14-21-7-10-23(33)15-26(21)34)24(4-3-11-37-31-39-38-18-44-31)16-41(25)29(42)27(35)13-20-5-8-22(32)9-6-20/h5-10,15,18-19,24-25,27-28H,3-4,11-14,16-17,35-36H2,1-2H3,(H,37,39)/t24-,25+,27-,28+/m0/s1. The number of nitrogens with one attached hydrogen (secondary N) is 1. The molecule has 2 amide bonds. The third-order valence-corrected chi connectivity index (χ3v) is 9.30. The van der Waals surface area contributed by atoms with Gasteiger partial charge < -0.3 is 26.6 Å². The number of carbonyl (C=O) groups excluding carboxylic acids is 2. The van der Waals surface area contributed by atoms with Gasteiger partial charge in [0.1, 0.15) is 5.51 Å². The smallest absolute Gasteiger partial charge is 0.240 e. The first-order valence-corrected chi connectivity index (χ1v) is 16.8. The lowest BCUT2D eigenvalue weighted by Gasteiger charge is -2.48. The van der Waals surface area contributed by atoms with E-state index in [1.165, 1.54) is 11.3 Å². The van der Waals surface area contributed by atoms with E-state index < -0.39 is 12.1 Å². The van der Waals surface area contributed by atoms with Gasteiger partial charge in [-0.2, -0.15) is 0 Å². The van der Waals surface area contributed by atoms with Crippen molar-refractivity contribution >= 4 is 63.1 Å². The number of hydrogen-bond donors (Lipinski definition) is 3. The lowest BCUT2D eigenvalue weighted by atomic mass is 9.93. The van der Waals surface area contributed by atoms with Crippen molar-refractivity contribution in [3.63, 3.8) is 0 Å². The number of anilines is 1. The van der Waals surface area contributed by atoms with Gasteiger partial charge in [-0.3, -0.25) is 9.59 Å². The van der Waals surface area contributed by atoms with E-state index in [1.807, 2.05) is 21.9 Å². The van der Waals surface area contributed by atoms with Crippen molar-refractivity contribution in [2.45, 2.75) is 70.1 Å². The molecule has 0 radical (unpaired) electrons. The Morgan fingerprint density at radius 2 is 1.59 bits per heavy atom. The van der Waals surface area contributed by atoms with E-state index >= 15 is 0 Å². The number of hydrogen-bond acceptors (Lipinski definition) is 8. The second-order valence-corrected chi connectivity index (χ2v) is 13.8. The van der Waals surface area contributed by atoms with Crippen LogP contribution in [0.4, 0.5) is 5.13 Å². The number of rotatable bonds is 13. The molecule has 0 spiro atoms. The van der Waals surface area contributed by atoms with Gasteiger partial charge in [-0.25, -0.2) is 0 Å². The fourth-order valence-corrected chi connectivity index (χ4v) is 6.75. The Morgan fingerprint density at radius 3 is 2.23 bits per heavy atom. The Labute approximate surface area is 278 Å². The molecule has 2 heterocycles. The Balaban J connectivity index is 1.53. The summed E-state index contributed by atoms with van der Waals surface area (Å²) in [6, 6.07) is 10.6. The summed E-state index contributed by atoms with van der Waals surface area (Å²) >= 11 is 20.0. The highest BCUT2D eigenvalue weighted by Gasteiger charge is 2.41. The van der Waals surface area contributed by atoms with Crippen LogP contribution in [0.2, 0.25) is 15.1 Å². The minimum Gasteiger partial charge on any atom is -0.360 e. The molecule has 2 aromatic carbocycles. The lowest BCUT2D eigenvalue weighted by molar-refractivity contribution is -0.149. The maximum atomic E-state index is 14.0. The predicted octanol–water partition coefficient (Wildman–Crippen LogP) is 5.28. The zero-order chi connectivity index (χ0) is 31.8. The number of aromatic nitrogens is 2. The van der Waals surface area contributed by atoms with Crippen LogP contribution in [-0.4, -0.2) is 75.6 Å². The van der Waals surface area contributed by atoms with E-state index in [-0.39, 0.29) is 30.3 Å². The van der Waals surface area contributed by atoms with E-state index in [0.29, 0.717) is 53.5 Å². The van der Waals surface area contributed by atoms with Gasteiger partial charge in [0.2, 0.25) is 16.9 Å². The largest absolute Gasteiger partial charge is 0.360 e. The highest BCUT2D eigenvalue weighted by atomic mass is 35.5. The second-order valence-electron chi connectivity index (χ2n) is 11.7. The number of piperazine rings is 1. The number of halogens is 3. The first-order chi connectivity index (χ1) is 21.0. The van der Waals surface area contributed by atoms with Gasteiger partial charge in [-0.05, 0) is 73.4 Å². The summed E-state index contributed by atoms with van der Waals surface area (Å²) in [6.07, 6.45) is 2.82. The molecule has 0 unspecified atom stereocenters. The molecule has 44 heavy (non-hydrogen) atoms. The summed E-state index contributed by atoms with van der Waals surface area (Å²) in [4.78, 5) is 31.7. The summed E-state index contributed by atoms with van der Waals surface area (Å²) in [5.74, 6) is 0.0188. The van der Waals surface area contributed by atoms with Crippen molar-refractivity contribution in [1.29, 1.82) is 0 Å². The second kappa shape index (κ2) is 16.2. The van der Waals surface area contributed by atoms with E-state index in [9.17, 15) is 9.59 Å². The predicted molar refractivity (Wildman–Crippen MR) is 179 cm³/mol. The summed E-state index contributed by atoms with van der Waals surface area (Å²) < 4.78 is 0. The average Bonchev–Trinajstić information content (AvgIpc) is 3.51. The van der Waals surface area contributed by atoms with Gasteiger partial charge in [0.05, 0.1) is 12.1 Å². The molecule has 0 saturated carbocycles. The Kier molecular flexibility index (Phi) is 12.7. The zero-order valence-electron chi connectivity index (χ0n) is 25.0. The summed E-state index contributed by atoms with van der Waals surface area (Å²) in [7, 11) is 0. The molecule has 1 aliphatic rings. The topological polar surface area (TPSA) is 130 Å². The number of carbonyl (C=O) groups is 2. The quantitative estimate of drug-likeness (QED) is 0.209. The van der Waals surface area contributed by atoms with E-state index in [1.54, 1.807) is 35.8 Å². The minimum atomic E-state index is -0.801. The van der Waals surface area contributed by atoms with Crippen LogP contribution in [0.15, 0.2) is 48.0 Å². The molecule has 5 N–H and O–H groups in total. The van der Waals surface area contributed by atoms with Gasteiger partial charge >= 0.3 is 0 Å². The van der Waals surface area contributed by atoms with Crippen molar-refractivity contribution in [3.8, 4) is 0 Å². The third kappa shape index (κ3) is 9.52. The van der Waals surface area contributed by atoms with Gasteiger partial charge in [-0.1, -0.05) is 78.2 Å². The number of nitrogens with zero attached hydrogens (tertiary/aromatic N) is 4. The van der Waals surface area contributed by atoms with Crippen LogP contribution in [0.5, 0.6) is 0 Å². The van der Waals surface area contributed by atoms with Crippen LogP contribution in [-0.2, 0) is 22.4 Å². The van der Waals surface area contributed by atoms with Crippen LogP contribution in [0.3, 0.4) is 0 Å². The first kappa shape index (κ1) is 34.4. The van der Waals surface area contributed by atoms with Crippen molar-refractivity contribution in [2.75, 3.05) is 25.0 Å². The van der Waals surface area contributed by atoms with E-state index in [0.717, 1.165) is 29.1 Å². The Hall–Kier alpha value is -2.47. The van der Waals surface area contributed by atoms with Gasteiger partial charge in [0.25, 0.3) is 0 Å². The highest BCUT2D eigenvalue weighted by molar-refractivity contribution is 7.13. The van der Waals surface area contributed by atoms with Crippen LogP contribution < -0.4 is 16.8 Å². The monoisotopic (exact) mass is 679 g/mol. The van der Waals surface area contributed by atoms with Gasteiger partial charge in [-0.15, -0.1) is 10.2 Å². The molecular weight excluding hydrogens is 641 g/mol. The molecule has 13 heteroatoms. The molecular formula is C31H40Cl3N7O2S. The Bertz CT molecular complexity index is 1380. The van der Waals surface area contributed by atoms with Gasteiger partial charge in [0.15, 0.2) is 0 Å². The van der Waals surface area contributed by atoms with Crippen LogP contribution in [0, 0.1) is 5.92 Å².